The Morgan fingerprint density at radius 1 is 1.33 bits per heavy atom. The Morgan fingerprint density at radius 3 is 2.61 bits per heavy atom. The zero-order chi connectivity index (χ0) is 13.1. The summed E-state index contributed by atoms with van der Waals surface area (Å²) in [7, 11) is 1.57. The van der Waals surface area contributed by atoms with Crippen molar-refractivity contribution in [3.05, 3.63) is 32.6 Å². The third-order valence-corrected chi connectivity index (χ3v) is 3.62. The van der Waals surface area contributed by atoms with Crippen LogP contribution in [-0.4, -0.2) is 9.13 Å². The van der Waals surface area contributed by atoms with Gasteiger partial charge in [-0.1, -0.05) is 19.3 Å². The van der Waals surface area contributed by atoms with Gasteiger partial charge in [0.2, 0.25) is 0 Å². The molecule has 0 saturated heterocycles. The molecule has 0 unspecified atom stereocenters. The first kappa shape index (κ1) is 12.6. The highest BCUT2D eigenvalue weighted by Gasteiger charge is 2.17. The number of nitrogens with zero attached hydrogens (tertiary/aromatic N) is 3. The predicted octanol–water partition coefficient (Wildman–Crippen LogP) is 0.999. The Kier molecular flexibility index (Phi) is 3.66. The molecule has 5 nitrogen and oxygen atoms in total. The molecular formula is C13H17N3O2. The molecule has 0 bridgehead atoms. The number of hydrogen-bond donors (Lipinski definition) is 0. The number of rotatable bonds is 2. The van der Waals surface area contributed by atoms with Gasteiger partial charge in [0.1, 0.15) is 11.6 Å². The molecule has 0 aliphatic heterocycles. The minimum Gasteiger partial charge on any atom is -0.302 e. The molecule has 0 spiro atoms. The van der Waals surface area contributed by atoms with Crippen LogP contribution < -0.4 is 11.2 Å². The Hall–Kier alpha value is -1.83. The van der Waals surface area contributed by atoms with E-state index in [1.165, 1.54) is 21.8 Å². The molecule has 18 heavy (non-hydrogen) atoms. The molecule has 1 fully saturated rings. The normalized spacial score (nSPS) is 16.4. The van der Waals surface area contributed by atoms with Gasteiger partial charge in [0.15, 0.2) is 0 Å². The fraction of sp³-hybridized carbons (Fsp3) is 0.615. The van der Waals surface area contributed by atoms with Crippen molar-refractivity contribution in [2.45, 2.75) is 38.6 Å². The third-order valence-electron chi connectivity index (χ3n) is 3.62. The van der Waals surface area contributed by atoms with Gasteiger partial charge in [-0.05, 0) is 18.8 Å². The van der Waals surface area contributed by atoms with Crippen LogP contribution in [0.15, 0.2) is 15.8 Å². The van der Waals surface area contributed by atoms with Crippen LogP contribution in [-0.2, 0) is 13.6 Å². The minimum atomic E-state index is -0.453. The van der Waals surface area contributed by atoms with Crippen LogP contribution in [0.25, 0.3) is 0 Å². The summed E-state index contributed by atoms with van der Waals surface area (Å²) < 4.78 is 2.53. The number of hydrogen-bond acceptors (Lipinski definition) is 3. The average molecular weight is 247 g/mol. The molecule has 0 atom stereocenters. The molecular weight excluding hydrogens is 230 g/mol. The largest absolute Gasteiger partial charge is 0.330 e. The predicted molar refractivity (Wildman–Crippen MR) is 67.2 cm³/mol. The maximum atomic E-state index is 12.0. The van der Waals surface area contributed by atoms with E-state index in [2.05, 4.69) is 0 Å². The summed E-state index contributed by atoms with van der Waals surface area (Å²) in [6.45, 7) is 0.445. The summed E-state index contributed by atoms with van der Waals surface area (Å²) in [5, 5.41) is 8.89. The average Bonchev–Trinajstić information content (AvgIpc) is 2.40. The van der Waals surface area contributed by atoms with E-state index in [9.17, 15) is 9.59 Å². The summed E-state index contributed by atoms with van der Waals surface area (Å²) in [6, 6.07) is 1.85. The smallest absolute Gasteiger partial charge is 0.302 e. The number of aryl methyl sites for hydroxylation is 1. The second-order valence-corrected chi connectivity index (χ2v) is 4.97. The molecule has 1 aromatic rings. The van der Waals surface area contributed by atoms with Gasteiger partial charge in [0.25, 0.3) is 5.56 Å². The Morgan fingerprint density at radius 2 is 2.00 bits per heavy atom. The fourth-order valence-electron chi connectivity index (χ4n) is 2.59. The van der Waals surface area contributed by atoms with E-state index < -0.39 is 5.56 Å². The maximum absolute atomic E-state index is 12.0. The Labute approximate surface area is 105 Å². The highest BCUT2D eigenvalue weighted by molar-refractivity contribution is 5.22. The van der Waals surface area contributed by atoms with E-state index in [0.717, 1.165) is 25.7 Å². The standard InChI is InChI=1S/C13H17N3O2/c1-15-9-11(7-14)12(17)16(13(15)18)8-10-5-3-2-4-6-10/h9-10H,2-6,8H2,1H3. The molecule has 1 aliphatic rings. The van der Waals surface area contributed by atoms with Gasteiger partial charge in [-0.25, -0.2) is 4.79 Å². The lowest BCUT2D eigenvalue weighted by molar-refractivity contribution is 0.309. The summed E-state index contributed by atoms with van der Waals surface area (Å²) in [5.74, 6) is 0.387. The van der Waals surface area contributed by atoms with Crippen LogP contribution in [0.4, 0.5) is 0 Å². The number of nitriles is 1. The second-order valence-electron chi connectivity index (χ2n) is 4.97. The molecule has 5 heteroatoms. The van der Waals surface area contributed by atoms with Crippen molar-refractivity contribution < 1.29 is 0 Å². The van der Waals surface area contributed by atoms with Crippen molar-refractivity contribution in [3.63, 3.8) is 0 Å². The van der Waals surface area contributed by atoms with Crippen LogP contribution in [0.3, 0.4) is 0 Å². The molecule has 1 aromatic heterocycles. The van der Waals surface area contributed by atoms with Gasteiger partial charge in [0, 0.05) is 19.8 Å². The zero-order valence-electron chi connectivity index (χ0n) is 10.6. The summed E-state index contributed by atoms with van der Waals surface area (Å²) in [4.78, 5) is 23.9. The van der Waals surface area contributed by atoms with Crippen molar-refractivity contribution in [2.24, 2.45) is 13.0 Å². The lowest BCUT2D eigenvalue weighted by atomic mass is 9.89. The highest BCUT2D eigenvalue weighted by Crippen LogP contribution is 2.24. The molecule has 96 valence electrons. The molecule has 0 N–H and O–H groups in total. The Bertz CT molecular complexity index is 586. The van der Waals surface area contributed by atoms with Crippen LogP contribution in [0.5, 0.6) is 0 Å². The molecule has 1 heterocycles. The van der Waals surface area contributed by atoms with Gasteiger partial charge >= 0.3 is 5.69 Å². The first-order valence-electron chi connectivity index (χ1n) is 6.34. The first-order chi connectivity index (χ1) is 8.63. The summed E-state index contributed by atoms with van der Waals surface area (Å²) in [5.41, 5.74) is -0.747. The van der Waals surface area contributed by atoms with Crippen molar-refractivity contribution >= 4 is 0 Å². The van der Waals surface area contributed by atoms with E-state index >= 15 is 0 Å². The van der Waals surface area contributed by atoms with Crippen LogP contribution >= 0.6 is 0 Å². The van der Waals surface area contributed by atoms with Crippen molar-refractivity contribution in [1.82, 2.24) is 9.13 Å². The molecule has 1 saturated carbocycles. The molecule has 1 aliphatic carbocycles. The van der Waals surface area contributed by atoms with Crippen LogP contribution in [0, 0.1) is 17.2 Å². The zero-order valence-corrected chi connectivity index (χ0v) is 10.6. The highest BCUT2D eigenvalue weighted by atomic mass is 16.2. The van der Waals surface area contributed by atoms with E-state index in [4.69, 9.17) is 5.26 Å². The van der Waals surface area contributed by atoms with Crippen LogP contribution in [0.1, 0.15) is 37.7 Å². The van der Waals surface area contributed by atoms with Crippen LogP contribution in [0.2, 0.25) is 0 Å². The van der Waals surface area contributed by atoms with Gasteiger partial charge in [-0.3, -0.25) is 9.36 Å². The van der Waals surface area contributed by atoms with Crippen molar-refractivity contribution in [2.75, 3.05) is 0 Å². The quantitative estimate of drug-likeness (QED) is 0.783. The van der Waals surface area contributed by atoms with Crippen molar-refractivity contribution in [1.29, 1.82) is 5.26 Å². The SMILES string of the molecule is Cn1cc(C#N)c(=O)n(CC2CCCCC2)c1=O. The second kappa shape index (κ2) is 5.21. The fourth-order valence-corrected chi connectivity index (χ4v) is 2.59. The first-order valence-corrected chi connectivity index (χ1v) is 6.34. The molecule has 0 aromatic carbocycles. The lowest BCUT2D eigenvalue weighted by Crippen LogP contribution is -2.41. The molecule has 0 amide bonds. The molecule has 0 radical (unpaired) electrons. The van der Waals surface area contributed by atoms with E-state index in [0.29, 0.717) is 12.5 Å². The van der Waals surface area contributed by atoms with E-state index in [-0.39, 0.29) is 11.3 Å². The molecule has 2 rings (SSSR count). The van der Waals surface area contributed by atoms with Gasteiger partial charge in [-0.15, -0.1) is 0 Å². The van der Waals surface area contributed by atoms with Gasteiger partial charge in [-0.2, -0.15) is 5.26 Å². The van der Waals surface area contributed by atoms with Gasteiger partial charge in [0.05, 0.1) is 0 Å². The monoisotopic (exact) mass is 247 g/mol. The van der Waals surface area contributed by atoms with Crippen molar-refractivity contribution in [3.8, 4) is 6.07 Å². The number of aromatic nitrogens is 2. The minimum absolute atomic E-state index is 0.0351. The third kappa shape index (κ3) is 2.37. The lowest BCUT2D eigenvalue weighted by Gasteiger charge is -2.22. The summed E-state index contributed by atoms with van der Waals surface area (Å²) in [6.07, 6.45) is 7.00. The maximum Gasteiger partial charge on any atom is 0.330 e. The van der Waals surface area contributed by atoms with E-state index in [1.54, 1.807) is 7.05 Å². The topological polar surface area (TPSA) is 67.8 Å². The van der Waals surface area contributed by atoms with E-state index in [1.807, 2.05) is 6.07 Å². The van der Waals surface area contributed by atoms with Gasteiger partial charge < -0.3 is 4.57 Å². The Balaban J connectivity index is 2.37. The summed E-state index contributed by atoms with van der Waals surface area (Å²) >= 11 is 0.